The molecule has 0 aliphatic heterocycles. The van der Waals surface area contributed by atoms with Gasteiger partial charge in [-0.3, -0.25) is 0 Å². The molecule has 4 heteroatoms. The molecule has 0 aromatic rings. The molecule has 0 bridgehead atoms. The van der Waals surface area contributed by atoms with Crippen LogP contribution < -0.4 is 0 Å². The van der Waals surface area contributed by atoms with Gasteiger partial charge in [0.05, 0.1) is 0 Å². The third kappa shape index (κ3) is 12.4. The number of hydrogen-bond acceptors (Lipinski definition) is 0. The Morgan fingerprint density at radius 2 is 1.00 bits per heavy atom. The summed E-state index contributed by atoms with van der Waals surface area (Å²) in [7, 11) is 0. The first-order valence-electron chi connectivity index (χ1n) is 0. The Morgan fingerprint density at radius 1 is 1.00 bits per heavy atom. The molecule has 2 N–H and O–H groups in total. The van der Waals surface area contributed by atoms with Gasteiger partial charge in [-0.1, -0.05) is 0 Å². The van der Waals surface area contributed by atoms with Crippen molar-refractivity contribution >= 4 is 13.5 Å². The molecule has 0 saturated carbocycles. The summed E-state index contributed by atoms with van der Waals surface area (Å²) >= 11 is 0. The Labute approximate surface area is 45.8 Å². The topological polar surface area (TPSA) is 31.5 Å². The van der Waals surface area contributed by atoms with Gasteiger partial charge in [0, 0.05) is 26.4 Å². The molecule has 0 aromatic heterocycles. The summed E-state index contributed by atoms with van der Waals surface area (Å²) in [6.45, 7) is 0. The van der Waals surface area contributed by atoms with Crippen LogP contribution in [0.5, 0.6) is 0 Å². The fraction of sp³-hybridized carbons (Fsp3) is 0. The number of rotatable bonds is 0. The molecule has 0 amide bonds. The smallest absolute Gasteiger partial charge is 0 e. The zero-order valence-electron chi connectivity index (χ0n) is 1.88. The summed E-state index contributed by atoms with van der Waals surface area (Å²) in [6, 6.07) is 0. The minimum Gasteiger partial charge on any atom is -0.412 e. The van der Waals surface area contributed by atoms with Crippen molar-refractivity contribution in [2.45, 2.75) is 0 Å². The molecule has 27 valence electrons. The summed E-state index contributed by atoms with van der Waals surface area (Å²) in [5, 5.41) is 0. The van der Waals surface area contributed by atoms with Gasteiger partial charge in [0.2, 0.25) is 0 Å². The summed E-state index contributed by atoms with van der Waals surface area (Å²) in [6.07, 6.45) is 0. The molecule has 0 fully saturated rings. The van der Waals surface area contributed by atoms with Crippen LogP contribution in [0, 0.1) is 0 Å². The molecule has 0 rings (SSSR count). The molecule has 0 atom stereocenters. The fourth-order valence-electron chi connectivity index (χ4n) is 0. The van der Waals surface area contributed by atoms with E-state index in [1.807, 2.05) is 0 Å². The first kappa shape index (κ1) is 85.1. The van der Waals surface area contributed by atoms with Crippen LogP contribution in [0.1, 0.15) is 0 Å². The Morgan fingerprint density at radius 3 is 1.00 bits per heavy atom. The van der Waals surface area contributed by atoms with E-state index < -0.39 is 0 Å². The van der Waals surface area contributed by atoms with Crippen LogP contribution in [0.25, 0.3) is 0 Å². The van der Waals surface area contributed by atoms with Crippen molar-refractivity contribution in [3.8, 4) is 0 Å². The van der Waals surface area contributed by atoms with Crippen molar-refractivity contribution in [2.24, 2.45) is 0 Å². The normalized spacial score (nSPS) is 0. The molecule has 0 spiro atoms. The SMILES string of the molecule is O.S.[F].[Ti]. The van der Waals surface area contributed by atoms with Crippen molar-refractivity contribution in [3.05, 3.63) is 0 Å². The van der Waals surface area contributed by atoms with E-state index in [4.69, 9.17) is 0 Å². The van der Waals surface area contributed by atoms with E-state index in [1.165, 1.54) is 0 Å². The average molecular weight is 119 g/mol. The molecule has 0 aromatic carbocycles. The standard InChI is InChI=1S/F.H2O.H2S.Ti/h;2*1H2;. The monoisotopic (exact) mass is 119 g/mol. The number of halogens is 1. The second-order valence-corrected chi connectivity index (χ2v) is 0. The number of hydrogen-bond donors (Lipinski definition) is 0. The van der Waals surface area contributed by atoms with Crippen LogP contribution in [0.15, 0.2) is 0 Å². The fourth-order valence-corrected chi connectivity index (χ4v) is 0. The van der Waals surface area contributed by atoms with Gasteiger partial charge >= 0.3 is 0 Å². The predicted octanol–water partition coefficient (Wildman–Crippen LogP) is -0.294. The third-order valence-electron chi connectivity index (χ3n) is 0. The van der Waals surface area contributed by atoms with Crippen molar-refractivity contribution in [2.75, 3.05) is 0 Å². The Bertz CT molecular complexity index is 8.00. The van der Waals surface area contributed by atoms with Crippen molar-refractivity contribution in [1.82, 2.24) is 0 Å². The molecule has 4 heavy (non-hydrogen) atoms. The summed E-state index contributed by atoms with van der Waals surface area (Å²) in [4.78, 5) is 0. The molecular weight excluding hydrogens is 115 g/mol. The van der Waals surface area contributed by atoms with Gasteiger partial charge in [-0.2, -0.15) is 13.5 Å². The molecule has 0 unspecified atom stereocenters. The van der Waals surface area contributed by atoms with E-state index in [0.717, 1.165) is 0 Å². The Balaban J connectivity index is 0. The maximum atomic E-state index is 0. The van der Waals surface area contributed by atoms with Crippen LogP contribution in [-0.2, 0) is 21.7 Å². The van der Waals surface area contributed by atoms with Gasteiger partial charge in [0.15, 0.2) is 0 Å². The minimum atomic E-state index is 0. The summed E-state index contributed by atoms with van der Waals surface area (Å²) in [5.41, 5.74) is 0. The molecule has 1 nitrogen and oxygen atoms in total. The van der Waals surface area contributed by atoms with Crippen LogP contribution in [0.3, 0.4) is 0 Å². The zero-order chi connectivity index (χ0) is 0. The van der Waals surface area contributed by atoms with Crippen LogP contribution >= 0.6 is 13.5 Å². The molecule has 0 saturated heterocycles. The average Bonchev–Trinajstić information content (AvgIpc) is 0. The second kappa shape index (κ2) is 37.9. The molecular formula is H4FOSTi. The minimum absolute atomic E-state index is 0. The Kier molecular flexibility index (Phi) is 806. The van der Waals surface area contributed by atoms with Gasteiger partial charge in [-0.05, 0) is 0 Å². The molecule has 0 heterocycles. The second-order valence-electron chi connectivity index (χ2n) is 0. The summed E-state index contributed by atoms with van der Waals surface area (Å²) in [5.74, 6) is 0. The van der Waals surface area contributed by atoms with Gasteiger partial charge in [-0.25, -0.2) is 0 Å². The molecule has 0 aliphatic carbocycles. The first-order valence-corrected chi connectivity index (χ1v) is 0. The zero-order valence-corrected chi connectivity index (χ0v) is 4.44. The predicted molar refractivity (Wildman–Crippen MR) is 15.1 cm³/mol. The maximum absolute atomic E-state index is 0. The molecule has 0 aliphatic rings. The van der Waals surface area contributed by atoms with E-state index in [1.54, 1.807) is 0 Å². The van der Waals surface area contributed by atoms with Crippen molar-refractivity contribution in [1.29, 1.82) is 0 Å². The van der Waals surface area contributed by atoms with Gasteiger partial charge in [0.1, 0.15) is 0 Å². The van der Waals surface area contributed by atoms with Crippen LogP contribution in [-0.4, -0.2) is 5.48 Å². The maximum Gasteiger partial charge on any atom is 0 e. The molecule has 1 radical (unpaired) electrons. The van der Waals surface area contributed by atoms with Crippen molar-refractivity contribution < 1.29 is 31.9 Å². The first-order chi connectivity index (χ1) is 0. The van der Waals surface area contributed by atoms with Crippen LogP contribution in [0.2, 0.25) is 0 Å². The van der Waals surface area contributed by atoms with Gasteiger partial charge in [0.25, 0.3) is 0 Å². The Hall–Kier alpha value is 0.954. The van der Waals surface area contributed by atoms with Gasteiger partial charge < -0.3 is 5.48 Å². The van der Waals surface area contributed by atoms with E-state index in [0.29, 0.717) is 0 Å². The quantitative estimate of drug-likeness (QED) is 0.392. The van der Waals surface area contributed by atoms with Crippen LogP contribution in [0.4, 0.5) is 4.70 Å². The van der Waals surface area contributed by atoms with E-state index in [2.05, 4.69) is 0 Å². The van der Waals surface area contributed by atoms with E-state index >= 15 is 0 Å². The third-order valence-corrected chi connectivity index (χ3v) is 0. The van der Waals surface area contributed by atoms with Gasteiger partial charge in [-0.15, -0.1) is 0 Å². The largest absolute Gasteiger partial charge is 0.412 e. The summed E-state index contributed by atoms with van der Waals surface area (Å²) < 4.78 is 0. The van der Waals surface area contributed by atoms with E-state index in [9.17, 15) is 0 Å². The van der Waals surface area contributed by atoms with E-state index in [-0.39, 0.29) is 45.4 Å². The van der Waals surface area contributed by atoms with Crippen molar-refractivity contribution in [3.63, 3.8) is 0 Å².